The van der Waals surface area contributed by atoms with Gasteiger partial charge in [0, 0.05) is 0 Å². The van der Waals surface area contributed by atoms with Crippen LogP contribution >= 0.6 is 0 Å². The second-order valence-corrected chi connectivity index (χ2v) is 2.59. The Labute approximate surface area is 75.4 Å². The lowest BCUT2D eigenvalue weighted by Gasteiger charge is -2.03. The molecule has 0 aromatic carbocycles. The highest BCUT2D eigenvalue weighted by Crippen LogP contribution is 2.04. The standard InChI is InChI=1S/C8H9N3O2/c1-5(3-9)11-8(12)7-6(2)10-4-13-7/h4-5H,1-2H3,(H,11,12). The number of carbonyl (C=O) groups excluding carboxylic acids is 1. The number of carbonyl (C=O) groups is 1. The van der Waals surface area contributed by atoms with Crippen molar-refractivity contribution in [2.24, 2.45) is 0 Å². The Balaban J connectivity index is 2.71. The van der Waals surface area contributed by atoms with Crippen molar-refractivity contribution in [1.82, 2.24) is 10.3 Å². The lowest BCUT2D eigenvalue weighted by atomic mass is 10.3. The fraction of sp³-hybridized carbons (Fsp3) is 0.375. The van der Waals surface area contributed by atoms with E-state index in [0.717, 1.165) is 0 Å². The van der Waals surface area contributed by atoms with E-state index < -0.39 is 11.9 Å². The Morgan fingerprint density at radius 2 is 2.54 bits per heavy atom. The van der Waals surface area contributed by atoms with Crippen LogP contribution in [0.25, 0.3) is 0 Å². The molecule has 0 spiro atoms. The van der Waals surface area contributed by atoms with Crippen molar-refractivity contribution in [3.8, 4) is 6.07 Å². The molecule has 0 radical (unpaired) electrons. The van der Waals surface area contributed by atoms with Gasteiger partial charge < -0.3 is 9.73 Å². The lowest BCUT2D eigenvalue weighted by Crippen LogP contribution is -2.31. The number of oxazole rings is 1. The zero-order valence-electron chi connectivity index (χ0n) is 7.37. The normalized spacial score (nSPS) is 11.8. The maximum Gasteiger partial charge on any atom is 0.290 e. The molecule has 1 N–H and O–H groups in total. The molecule has 1 amide bonds. The van der Waals surface area contributed by atoms with Crippen LogP contribution in [-0.4, -0.2) is 16.9 Å². The van der Waals surface area contributed by atoms with Gasteiger partial charge in [-0.2, -0.15) is 5.26 Å². The van der Waals surface area contributed by atoms with Crippen molar-refractivity contribution in [3.05, 3.63) is 17.8 Å². The van der Waals surface area contributed by atoms with Crippen molar-refractivity contribution in [1.29, 1.82) is 5.26 Å². The second kappa shape index (κ2) is 3.72. The van der Waals surface area contributed by atoms with Gasteiger partial charge in [0.05, 0.1) is 11.8 Å². The first-order chi connectivity index (χ1) is 6.15. The molecular weight excluding hydrogens is 170 g/mol. The van der Waals surface area contributed by atoms with Crippen LogP contribution < -0.4 is 5.32 Å². The minimum atomic E-state index is -0.531. The summed E-state index contributed by atoms with van der Waals surface area (Å²) in [5.41, 5.74) is 0.516. The van der Waals surface area contributed by atoms with Gasteiger partial charge >= 0.3 is 0 Å². The predicted molar refractivity (Wildman–Crippen MR) is 43.8 cm³/mol. The molecule has 0 aliphatic carbocycles. The number of hydrogen-bond acceptors (Lipinski definition) is 4. The molecule has 0 fully saturated rings. The highest BCUT2D eigenvalue weighted by Gasteiger charge is 2.15. The molecule has 13 heavy (non-hydrogen) atoms. The minimum Gasteiger partial charge on any atom is -0.438 e. The van der Waals surface area contributed by atoms with E-state index in [-0.39, 0.29) is 5.76 Å². The first-order valence-electron chi connectivity index (χ1n) is 3.75. The van der Waals surface area contributed by atoms with E-state index in [1.165, 1.54) is 6.39 Å². The molecule has 5 heteroatoms. The molecule has 0 aliphatic rings. The molecule has 0 saturated heterocycles. The van der Waals surface area contributed by atoms with Crippen molar-refractivity contribution in [2.45, 2.75) is 19.9 Å². The van der Waals surface area contributed by atoms with E-state index in [1.54, 1.807) is 13.8 Å². The number of nitrogens with zero attached hydrogens (tertiary/aromatic N) is 2. The van der Waals surface area contributed by atoms with E-state index in [0.29, 0.717) is 5.69 Å². The van der Waals surface area contributed by atoms with Crippen LogP contribution in [0.4, 0.5) is 0 Å². The van der Waals surface area contributed by atoms with Crippen molar-refractivity contribution in [3.63, 3.8) is 0 Å². The average molecular weight is 179 g/mol. The zero-order valence-corrected chi connectivity index (χ0v) is 7.37. The third-order valence-electron chi connectivity index (χ3n) is 1.49. The van der Waals surface area contributed by atoms with E-state index in [1.807, 2.05) is 6.07 Å². The maximum absolute atomic E-state index is 11.3. The third-order valence-corrected chi connectivity index (χ3v) is 1.49. The molecule has 0 saturated carbocycles. The Bertz CT molecular complexity index is 351. The van der Waals surface area contributed by atoms with E-state index in [9.17, 15) is 4.79 Å². The molecule has 0 bridgehead atoms. The summed E-state index contributed by atoms with van der Waals surface area (Å²) in [5.74, 6) is -0.258. The maximum atomic E-state index is 11.3. The number of rotatable bonds is 2. The third kappa shape index (κ3) is 2.06. The van der Waals surface area contributed by atoms with Gasteiger partial charge in [-0.25, -0.2) is 4.98 Å². The lowest BCUT2D eigenvalue weighted by molar-refractivity contribution is 0.0919. The summed E-state index contributed by atoms with van der Waals surface area (Å²) >= 11 is 0. The fourth-order valence-corrected chi connectivity index (χ4v) is 0.814. The van der Waals surface area contributed by atoms with Crippen LogP contribution in [0.3, 0.4) is 0 Å². The number of aryl methyl sites for hydroxylation is 1. The largest absolute Gasteiger partial charge is 0.438 e. The quantitative estimate of drug-likeness (QED) is 0.721. The van der Waals surface area contributed by atoms with Gasteiger partial charge in [0.2, 0.25) is 5.76 Å². The highest BCUT2D eigenvalue weighted by molar-refractivity contribution is 5.92. The summed E-state index contributed by atoms with van der Waals surface area (Å²) < 4.78 is 4.84. The summed E-state index contributed by atoms with van der Waals surface area (Å²) in [5, 5.41) is 10.9. The topological polar surface area (TPSA) is 78.9 Å². The number of nitriles is 1. The molecular formula is C8H9N3O2. The zero-order chi connectivity index (χ0) is 9.84. The number of aromatic nitrogens is 1. The fourth-order valence-electron chi connectivity index (χ4n) is 0.814. The van der Waals surface area contributed by atoms with Crippen LogP contribution in [0.2, 0.25) is 0 Å². The first-order valence-corrected chi connectivity index (χ1v) is 3.75. The monoisotopic (exact) mass is 179 g/mol. The molecule has 1 aromatic heterocycles. The molecule has 1 atom stereocenters. The van der Waals surface area contributed by atoms with Gasteiger partial charge in [0.1, 0.15) is 6.04 Å². The van der Waals surface area contributed by atoms with Crippen LogP contribution in [0, 0.1) is 18.3 Å². The van der Waals surface area contributed by atoms with E-state index in [2.05, 4.69) is 10.3 Å². The molecule has 1 rings (SSSR count). The van der Waals surface area contributed by atoms with Gasteiger partial charge in [-0.05, 0) is 13.8 Å². The highest BCUT2D eigenvalue weighted by atomic mass is 16.3. The van der Waals surface area contributed by atoms with E-state index >= 15 is 0 Å². The second-order valence-electron chi connectivity index (χ2n) is 2.59. The average Bonchev–Trinajstić information content (AvgIpc) is 2.51. The van der Waals surface area contributed by atoms with Gasteiger partial charge in [0.25, 0.3) is 5.91 Å². The molecule has 0 aliphatic heterocycles. The summed E-state index contributed by atoms with van der Waals surface area (Å²) in [7, 11) is 0. The van der Waals surface area contributed by atoms with Gasteiger partial charge in [-0.1, -0.05) is 0 Å². The van der Waals surface area contributed by atoms with Gasteiger partial charge in [-0.15, -0.1) is 0 Å². The Hall–Kier alpha value is -1.83. The summed E-state index contributed by atoms with van der Waals surface area (Å²) in [6, 6.07) is 1.35. The Morgan fingerprint density at radius 1 is 1.85 bits per heavy atom. The molecule has 1 aromatic rings. The van der Waals surface area contributed by atoms with E-state index in [4.69, 9.17) is 9.68 Å². The molecule has 68 valence electrons. The number of hydrogen-bond donors (Lipinski definition) is 1. The Morgan fingerprint density at radius 3 is 3.00 bits per heavy atom. The molecule has 1 heterocycles. The molecule has 1 unspecified atom stereocenters. The van der Waals surface area contributed by atoms with Gasteiger partial charge in [-0.3, -0.25) is 4.79 Å². The summed E-state index contributed by atoms with van der Waals surface area (Å²) in [4.78, 5) is 15.1. The minimum absolute atomic E-state index is 0.155. The van der Waals surface area contributed by atoms with Crippen LogP contribution in [-0.2, 0) is 0 Å². The van der Waals surface area contributed by atoms with Crippen molar-refractivity contribution >= 4 is 5.91 Å². The molecule has 5 nitrogen and oxygen atoms in total. The number of nitrogens with one attached hydrogen (secondary N) is 1. The first kappa shape index (κ1) is 9.26. The Kier molecular flexibility index (Phi) is 2.65. The van der Waals surface area contributed by atoms with Crippen molar-refractivity contribution < 1.29 is 9.21 Å². The summed E-state index contributed by atoms with van der Waals surface area (Å²) in [6.07, 6.45) is 1.20. The van der Waals surface area contributed by atoms with Crippen molar-refractivity contribution in [2.75, 3.05) is 0 Å². The predicted octanol–water partition coefficient (Wildman–Crippen LogP) is 0.625. The summed E-state index contributed by atoms with van der Waals surface area (Å²) in [6.45, 7) is 3.25. The smallest absolute Gasteiger partial charge is 0.290 e. The number of amides is 1. The SMILES string of the molecule is Cc1ncoc1C(=O)NC(C)C#N. The van der Waals surface area contributed by atoms with Crippen LogP contribution in [0.5, 0.6) is 0 Å². The van der Waals surface area contributed by atoms with Crippen LogP contribution in [0.15, 0.2) is 10.8 Å². The van der Waals surface area contributed by atoms with Gasteiger partial charge in [0.15, 0.2) is 6.39 Å². The van der Waals surface area contributed by atoms with Crippen LogP contribution in [0.1, 0.15) is 23.2 Å².